The number of halogens is 4. The first-order chi connectivity index (χ1) is 14.3. The molecule has 1 aromatic carbocycles. The van der Waals surface area contributed by atoms with E-state index in [1.54, 1.807) is 12.1 Å². The second-order valence-electron chi connectivity index (χ2n) is 8.47. The van der Waals surface area contributed by atoms with Gasteiger partial charge in [-0.25, -0.2) is 12.8 Å². The van der Waals surface area contributed by atoms with E-state index in [-0.39, 0.29) is 16.9 Å². The maximum atomic E-state index is 14.7. The first-order valence-electron chi connectivity index (χ1n) is 9.54. The Labute approximate surface area is 178 Å². The first kappa shape index (κ1) is 22.0. The Morgan fingerprint density at radius 2 is 1.87 bits per heavy atom. The molecule has 2 unspecified atom stereocenters. The number of sulfonamides is 1. The van der Waals surface area contributed by atoms with Gasteiger partial charge in [0.2, 0.25) is 18.3 Å². The quantitative estimate of drug-likeness (QED) is 0.455. The third kappa shape index (κ3) is 3.90. The summed E-state index contributed by atoms with van der Waals surface area (Å²) in [6.45, 7) is 5.96. The van der Waals surface area contributed by atoms with Gasteiger partial charge >= 0.3 is 6.18 Å². The zero-order valence-electron chi connectivity index (χ0n) is 16.9. The molecule has 11 heteroatoms. The van der Waals surface area contributed by atoms with Crippen LogP contribution in [0.3, 0.4) is 0 Å². The van der Waals surface area contributed by atoms with Crippen LogP contribution in [-0.4, -0.2) is 26.0 Å². The standard InChI is InChI=1S/C20H20F4N2O3SSi/c1-31(2,3)29-12-9-16-14-5-4-6-15(21)19(14)17(10-12)26(16)30(27,28)13-7-8-18(25-11-13)20(22,23)24/h4-9,11,16-17H,10H2,1-3H3. The first-order valence-corrected chi connectivity index (χ1v) is 14.4. The van der Waals surface area contributed by atoms with E-state index in [0.717, 1.165) is 10.4 Å². The van der Waals surface area contributed by atoms with Crippen LogP contribution in [-0.2, 0) is 20.6 Å². The number of nitrogens with zero attached hydrogens (tertiary/aromatic N) is 2. The summed E-state index contributed by atoms with van der Waals surface area (Å²) in [4.78, 5) is 2.89. The van der Waals surface area contributed by atoms with Gasteiger partial charge in [0.25, 0.3) is 0 Å². The molecule has 0 aliphatic carbocycles. The van der Waals surface area contributed by atoms with Crippen LogP contribution < -0.4 is 0 Å². The lowest BCUT2D eigenvalue weighted by Crippen LogP contribution is -2.37. The van der Waals surface area contributed by atoms with Gasteiger partial charge in [0, 0.05) is 18.2 Å². The van der Waals surface area contributed by atoms with Gasteiger partial charge in [0.05, 0.1) is 17.8 Å². The van der Waals surface area contributed by atoms with Gasteiger partial charge in [-0.3, -0.25) is 4.98 Å². The Balaban J connectivity index is 1.79. The highest BCUT2D eigenvalue weighted by Crippen LogP contribution is 2.53. The minimum Gasteiger partial charge on any atom is -0.547 e. The van der Waals surface area contributed by atoms with Crippen LogP contribution >= 0.6 is 0 Å². The van der Waals surface area contributed by atoms with Crippen LogP contribution in [0.4, 0.5) is 17.6 Å². The molecule has 3 heterocycles. The largest absolute Gasteiger partial charge is 0.547 e. The van der Waals surface area contributed by atoms with Gasteiger partial charge < -0.3 is 4.43 Å². The molecule has 0 fully saturated rings. The van der Waals surface area contributed by atoms with Crippen LogP contribution in [0.1, 0.15) is 35.3 Å². The fourth-order valence-corrected chi connectivity index (χ4v) is 6.62. The molecular formula is C20H20F4N2O3SSi. The maximum Gasteiger partial charge on any atom is 0.433 e. The number of pyridine rings is 1. The van der Waals surface area contributed by atoms with Gasteiger partial charge in [-0.15, -0.1) is 0 Å². The summed E-state index contributed by atoms with van der Waals surface area (Å²) in [5, 5.41) is 0. The minimum atomic E-state index is -4.68. The summed E-state index contributed by atoms with van der Waals surface area (Å²) in [5.41, 5.74) is -0.419. The molecule has 31 heavy (non-hydrogen) atoms. The normalized spacial score (nSPS) is 21.6. The molecule has 0 N–H and O–H groups in total. The highest BCUT2D eigenvalue weighted by molar-refractivity contribution is 7.89. The van der Waals surface area contributed by atoms with E-state index in [1.807, 2.05) is 19.6 Å². The lowest BCUT2D eigenvalue weighted by molar-refractivity contribution is -0.141. The zero-order valence-corrected chi connectivity index (χ0v) is 18.8. The summed E-state index contributed by atoms with van der Waals surface area (Å²) < 4.78 is 87.2. The summed E-state index contributed by atoms with van der Waals surface area (Å²) in [7, 11) is -6.26. The fraction of sp³-hybridized carbons (Fsp3) is 0.350. The summed E-state index contributed by atoms with van der Waals surface area (Å²) >= 11 is 0. The van der Waals surface area contributed by atoms with E-state index in [1.165, 1.54) is 12.1 Å². The Kier molecular flexibility index (Phi) is 5.06. The van der Waals surface area contributed by atoms with Crippen LogP contribution in [0.2, 0.25) is 19.6 Å². The second-order valence-corrected chi connectivity index (χ2v) is 14.7. The van der Waals surface area contributed by atoms with Crippen molar-refractivity contribution < 1.29 is 30.4 Å². The Morgan fingerprint density at radius 3 is 2.45 bits per heavy atom. The van der Waals surface area contributed by atoms with E-state index in [9.17, 15) is 26.0 Å². The molecule has 166 valence electrons. The third-order valence-electron chi connectivity index (χ3n) is 5.10. The van der Waals surface area contributed by atoms with Gasteiger partial charge in [0.1, 0.15) is 16.4 Å². The highest BCUT2D eigenvalue weighted by Gasteiger charge is 2.50. The van der Waals surface area contributed by atoms with Gasteiger partial charge in [0.15, 0.2) is 0 Å². The number of aromatic nitrogens is 1. The van der Waals surface area contributed by atoms with Crippen molar-refractivity contribution in [2.45, 2.75) is 49.2 Å². The number of rotatable bonds is 4. The lowest BCUT2D eigenvalue weighted by Gasteiger charge is -2.35. The van der Waals surface area contributed by atoms with Crippen molar-refractivity contribution in [2.75, 3.05) is 0 Å². The fourth-order valence-electron chi connectivity index (χ4n) is 4.02. The van der Waals surface area contributed by atoms with Gasteiger partial charge in [-0.05, 0) is 49.5 Å². The third-order valence-corrected chi connectivity index (χ3v) is 7.85. The van der Waals surface area contributed by atoms with Crippen LogP contribution in [0.15, 0.2) is 53.3 Å². The number of benzene rings is 1. The Hall–Kier alpha value is -2.24. The van der Waals surface area contributed by atoms with Crippen LogP contribution in [0.25, 0.3) is 0 Å². The van der Waals surface area contributed by atoms with E-state index in [2.05, 4.69) is 4.98 Å². The van der Waals surface area contributed by atoms with E-state index < -0.39 is 48.1 Å². The maximum absolute atomic E-state index is 14.7. The van der Waals surface area contributed by atoms with E-state index in [0.29, 0.717) is 23.6 Å². The molecule has 1 aromatic heterocycles. The van der Waals surface area contributed by atoms with Gasteiger partial charge in [-0.1, -0.05) is 12.1 Å². The van der Waals surface area contributed by atoms with Crippen molar-refractivity contribution in [2.24, 2.45) is 0 Å². The molecule has 0 saturated heterocycles. The average Bonchev–Trinajstić information content (AvgIpc) is 2.86. The number of hydrogen-bond donors (Lipinski definition) is 0. The Morgan fingerprint density at radius 1 is 1.16 bits per heavy atom. The molecule has 0 saturated carbocycles. The van der Waals surface area contributed by atoms with E-state index in [4.69, 9.17) is 4.43 Å². The number of alkyl halides is 3. The van der Waals surface area contributed by atoms with Crippen molar-refractivity contribution in [3.8, 4) is 0 Å². The van der Waals surface area contributed by atoms with Crippen molar-refractivity contribution in [1.82, 2.24) is 9.29 Å². The SMILES string of the molecule is C[Si](C)(C)OC1=CC2c3cccc(F)c3C(C1)N2S(=O)(=O)c1ccc(C(F)(F)F)nc1. The summed E-state index contributed by atoms with van der Waals surface area (Å²) in [6, 6.07) is 4.26. The molecule has 0 spiro atoms. The van der Waals surface area contributed by atoms with Crippen LogP contribution in [0, 0.1) is 5.82 Å². The molecule has 4 rings (SSSR count). The molecule has 2 atom stereocenters. The predicted molar refractivity (Wildman–Crippen MR) is 107 cm³/mol. The number of fused-ring (bicyclic) bond motifs is 5. The number of hydrogen-bond acceptors (Lipinski definition) is 4. The van der Waals surface area contributed by atoms with Gasteiger partial charge in [-0.2, -0.15) is 17.5 Å². The minimum absolute atomic E-state index is 0.141. The highest BCUT2D eigenvalue weighted by atomic mass is 32.2. The molecule has 5 nitrogen and oxygen atoms in total. The molecule has 2 aliphatic heterocycles. The van der Waals surface area contributed by atoms with Crippen molar-refractivity contribution in [3.05, 3.63) is 71.0 Å². The lowest BCUT2D eigenvalue weighted by atomic mass is 10.0. The molecule has 2 aliphatic rings. The van der Waals surface area contributed by atoms with Crippen molar-refractivity contribution in [3.63, 3.8) is 0 Å². The van der Waals surface area contributed by atoms with E-state index >= 15 is 0 Å². The second kappa shape index (κ2) is 7.14. The molecule has 0 amide bonds. The predicted octanol–water partition coefficient (Wildman–Crippen LogP) is 5.17. The average molecular weight is 473 g/mol. The van der Waals surface area contributed by atoms with Crippen LogP contribution in [0.5, 0.6) is 0 Å². The molecule has 2 aromatic rings. The Bertz CT molecular complexity index is 1160. The smallest absolute Gasteiger partial charge is 0.433 e. The molecular weight excluding hydrogens is 452 g/mol. The molecule has 2 bridgehead atoms. The zero-order chi connectivity index (χ0) is 22.8. The van der Waals surface area contributed by atoms with Crippen molar-refractivity contribution in [1.29, 1.82) is 0 Å². The molecule has 0 radical (unpaired) electrons. The topological polar surface area (TPSA) is 59.5 Å². The summed E-state index contributed by atoms with van der Waals surface area (Å²) in [5.74, 6) is 0.0696. The van der Waals surface area contributed by atoms with Crippen molar-refractivity contribution >= 4 is 18.3 Å². The monoisotopic (exact) mass is 472 g/mol. The summed E-state index contributed by atoms with van der Waals surface area (Å²) in [6.07, 6.45) is -2.19.